The van der Waals surface area contributed by atoms with Gasteiger partial charge in [0.05, 0.1) is 22.6 Å². The largest absolute Gasteiger partial charge is 0.464 e. The highest BCUT2D eigenvalue weighted by molar-refractivity contribution is 7.21. The van der Waals surface area contributed by atoms with Gasteiger partial charge in [0.1, 0.15) is 15.5 Å². The number of hydrogen-bond acceptors (Lipinski definition) is 7. The lowest BCUT2D eigenvalue weighted by Gasteiger charge is -2.08. The first-order valence-electron chi connectivity index (χ1n) is 10.4. The summed E-state index contributed by atoms with van der Waals surface area (Å²) >= 11 is 7.20. The second kappa shape index (κ2) is 8.86. The number of nitrogens with zero attached hydrogens (tertiary/aromatic N) is 2. The fourth-order valence-electron chi connectivity index (χ4n) is 3.77. The Labute approximate surface area is 208 Å². The maximum absolute atomic E-state index is 13.2. The number of nitro groups is 1. The molecule has 35 heavy (non-hydrogen) atoms. The SMILES string of the molecule is Cc1cc([N+](=O)[O-])ccc1NC(=O)c1sc2nc(-c3ccc(Cl)cc3)cc(-c3ccco3)c2c1N. The van der Waals surface area contributed by atoms with Crippen molar-refractivity contribution in [2.75, 3.05) is 11.1 Å². The molecule has 0 saturated heterocycles. The number of thiophene rings is 1. The summed E-state index contributed by atoms with van der Waals surface area (Å²) in [5, 5.41) is 15.0. The van der Waals surface area contributed by atoms with Crippen molar-refractivity contribution in [3.05, 3.63) is 92.5 Å². The molecule has 3 N–H and O–H groups in total. The highest BCUT2D eigenvalue weighted by Crippen LogP contribution is 2.42. The summed E-state index contributed by atoms with van der Waals surface area (Å²) in [6.45, 7) is 1.69. The minimum atomic E-state index is -0.483. The first kappa shape index (κ1) is 22.6. The molecule has 0 bridgehead atoms. The number of amides is 1. The minimum Gasteiger partial charge on any atom is -0.464 e. The maximum atomic E-state index is 13.2. The average molecular weight is 505 g/mol. The van der Waals surface area contributed by atoms with Gasteiger partial charge in [-0.05, 0) is 48.9 Å². The molecule has 3 heterocycles. The fraction of sp³-hybridized carbons (Fsp3) is 0.0400. The van der Waals surface area contributed by atoms with E-state index in [9.17, 15) is 14.9 Å². The van der Waals surface area contributed by atoms with Crippen LogP contribution in [0.25, 0.3) is 32.8 Å². The number of aryl methyl sites for hydroxylation is 1. The number of carbonyl (C=O) groups excluding carboxylic acids is 1. The zero-order chi connectivity index (χ0) is 24.7. The molecule has 2 aromatic carbocycles. The number of nitro benzene ring substituents is 1. The molecule has 0 fully saturated rings. The van der Waals surface area contributed by atoms with Crippen LogP contribution < -0.4 is 11.1 Å². The third kappa shape index (κ3) is 4.23. The lowest BCUT2D eigenvalue weighted by atomic mass is 10.0. The lowest BCUT2D eigenvalue weighted by Crippen LogP contribution is -2.13. The Morgan fingerprint density at radius 3 is 2.60 bits per heavy atom. The number of nitrogens with two attached hydrogens (primary N) is 1. The first-order chi connectivity index (χ1) is 16.8. The molecule has 0 unspecified atom stereocenters. The van der Waals surface area contributed by atoms with Gasteiger partial charge in [0.25, 0.3) is 11.6 Å². The van der Waals surface area contributed by atoms with E-state index in [1.807, 2.05) is 24.3 Å². The van der Waals surface area contributed by atoms with Crippen molar-refractivity contribution in [2.24, 2.45) is 0 Å². The van der Waals surface area contributed by atoms with Gasteiger partial charge in [-0.1, -0.05) is 23.7 Å². The average Bonchev–Trinajstić information content (AvgIpc) is 3.49. The monoisotopic (exact) mass is 504 g/mol. The zero-order valence-electron chi connectivity index (χ0n) is 18.2. The molecule has 0 atom stereocenters. The van der Waals surface area contributed by atoms with E-state index in [-0.39, 0.29) is 16.3 Å². The van der Waals surface area contributed by atoms with Gasteiger partial charge in [0.15, 0.2) is 0 Å². The van der Waals surface area contributed by atoms with Crippen LogP contribution in [-0.2, 0) is 0 Å². The van der Waals surface area contributed by atoms with Crippen molar-refractivity contribution in [1.82, 2.24) is 4.98 Å². The molecule has 0 saturated carbocycles. The number of nitrogen functional groups attached to an aromatic ring is 1. The molecule has 10 heteroatoms. The van der Waals surface area contributed by atoms with Crippen LogP contribution in [0.2, 0.25) is 5.02 Å². The van der Waals surface area contributed by atoms with Crippen molar-refractivity contribution in [3.8, 4) is 22.6 Å². The number of anilines is 2. The van der Waals surface area contributed by atoms with Crippen molar-refractivity contribution in [2.45, 2.75) is 6.92 Å². The maximum Gasteiger partial charge on any atom is 0.269 e. The summed E-state index contributed by atoms with van der Waals surface area (Å²) in [6, 6.07) is 17.0. The summed E-state index contributed by atoms with van der Waals surface area (Å²) in [4.78, 5) is 29.3. The Kier molecular flexibility index (Phi) is 5.72. The summed E-state index contributed by atoms with van der Waals surface area (Å²) in [5.41, 5.74) is 9.96. The van der Waals surface area contributed by atoms with Gasteiger partial charge >= 0.3 is 0 Å². The number of furan rings is 1. The molecule has 0 aliphatic carbocycles. The smallest absolute Gasteiger partial charge is 0.269 e. The normalized spacial score (nSPS) is 11.0. The third-order valence-corrected chi connectivity index (χ3v) is 6.85. The van der Waals surface area contributed by atoms with Crippen LogP contribution in [-0.4, -0.2) is 15.8 Å². The first-order valence-corrected chi connectivity index (χ1v) is 11.6. The van der Waals surface area contributed by atoms with Crippen molar-refractivity contribution in [3.63, 3.8) is 0 Å². The van der Waals surface area contributed by atoms with Crippen LogP contribution in [0.3, 0.4) is 0 Å². The van der Waals surface area contributed by atoms with Crippen LogP contribution in [0.15, 0.2) is 71.3 Å². The predicted molar refractivity (Wildman–Crippen MR) is 138 cm³/mol. The lowest BCUT2D eigenvalue weighted by molar-refractivity contribution is -0.384. The van der Waals surface area contributed by atoms with E-state index in [1.54, 1.807) is 31.4 Å². The van der Waals surface area contributed by atoms with Crippen LogP contribution in [0, 0.1) is 17.0 Å². The Morgan fingerprint density at radius 1 is 1.17 bits per heavy atom. The Balaban J connectivity index is 1.60. The second-order valence-corrected chi connectivity index (χ2v) is 9.21. The number of fused-ring (bicyclic) bond motifs is 1. The molecule has 5 aromatic rings. The Hall–Kier alpha value is -4.21. The summed E-state index contributed by atoms with van der Waals surface area (Å²) in [6.07, 6.45) is 1.57. The van der Waals surface area contributed by atoms with Crippen LogP contribution in [0.1, 0.15) is 15.2 Å². The topological polar surface area (TPSA) is 124 Å². The number of hydrogen-bond donors (Lipinski definition) is 2. The number of non-ortho nitro benzene ring substituents is 1. The number of carbonyl (C=O) groups is 1. The number of benzene rings is 2. The Bertz CT molecular complexity index is 1590. The van der Waals surface area contributed by atoms with Crippen molar-refractivity contribution < 1.29 is 14.1 Å². The van der Waals surface area contributed by atoms with E-state index in [0.717, 1.165) is 16.9 Å². The number of halogens is 1. The zero-order valence-corrected chi connectivity index (χ0v) is 19.8. The standard InChI is InChI=1S/C25H17ClN4O4S/c1-13-11-16(30(32)33)8-9-18(13)28-24(31)23-22(27)21-17(20-3-2-10-34-20)12-19(29-25(21)35-23)14-4-6-15(26)7-5-14/h2-12H,27H2,1H3,(H,28,31). The van der Waals surface area contributed by atoms with E-state index in [0.29, 0.717) is 43.5 Å². The Morgan fingerprint density at radius 2 is 1.94 bits per heavy atom. The van der Waals surface area contributed by atoms with Gasteiger partial charge in [-0.2, -0.15) is 0 Å². The minimum absolute atomic E-state index is 0.0520. The number of nitrogens with one attached hydrogen (secondary N) is 1. The highest BCUT2D eigenvalue weighted by atomic mass is 35.5. The van der Waals surface area contributed by atoms with Gasteiger partial charge in [-0.15, -0.1) is 11.3 Å². The second-order valence-electron chi connectivity index (χ2n) is 7.77. The number of aromatic nitrogens is 1. The molecule has 0 aliphatic heterocycles. The van der Waals surface area contributed by atoms with Crippen LogP contribution in [0.5, 0.6) is 0 Å². The van der Waals surface area contributed by atoms with E-state index >= 15 is 0 Å². The highest BCUT2D eigenvalue weighted by Gasteiger charge is 2.23. The molecule has 0 radical (unpaired) electrons. The summed E-state index contributed by atoms with van der Waals surface area (Å²) in [7, 11) is 0. The van der Waals surface area contributed by atoms with Crippen molar-refractivity contribution >= 4 is 56.1 Å². The molecule has 3 aromatic heterocycles. The van der Waals surface area contributed by atoms with Crippen LogP contribution in [0.4, 0.5) is 17.1 Å². The van der Waals surface area contributed by atoms with E-state index in [2.05, 4.69) is 5.32 Å². The third-order valence-electron chi connectivity index (χ3n) is 5.50. The molecule has 5 rings (SSSR count). The summed E-state index contributed by atoms with van der Waals surface area (Å²) in [5.74, 6) is 0.163. The molecule has 0 aliphatic rings. The molecule has 1 amide bonds. The van der Waals surface area contributed by atoms with Gasteiger partial charge in [-0.25, -0.2) is 4.98 Å². The van der Waals surface area contributed by atoms with E-state index in [4.69, 9.17) is 26.7 Å². The number of rotatable bonds is 5. The summed E-state index contributed by atoms with van der Waals surface area (Å²) < 4.78 is 5.65. The molecule has 0 spiro atoms. The molecular weight excluding hydrogens is 488 g/mol. The van der Waals surface area contributed by atoms with Crippen LogP contribution >= 0.6 is 22.9 Å². The number of pyridine rings is 1. The van der Waals surface area contributed by atoms with Gasteiger partial charge in [0.2, 0.25) is 0 Å². The molecule has 174 valence electrons. The predicted octanol–water partition coefficient (Wildman–Crippen LogP) is 6.93. The molecular formula is C25H17ClN4O4S. The van der Waals surface area contributed by atoms with Gasteiger partial charge in [-0.3, -0.25) is 14.9 Å². The van der Waals surface area contributed by atoms with E-state index < -0.39 is 10.8 Å². The van der Waals surface area contributed by atoms with Crippen molar-refractivity contribution in [1.29, 1.82) is 0 Å². The van der Waals surface area contributed by atoms with E-state index in [1.165, 1.54) is 18.2 Å². The molecule has 8 nitrogen and oxygen atoms in total. The fourth-order valence-corrected chi connectivity index (χ4v) is 4.91. The van der Waals surface area contributed by atoms with Gasteiger partial charge < -0.3 is 15.5 Å². The van der Waals surface area contributed by atoms with Gasteiger partial charge in [0, 0.05) is 39.4 Å². The quantitative estimate of drug-likeness (QED) is 0.197.